The molecule has 0 saturated carbocycles. The summed E-state index contributed by atoms with van der Waals surface area (Å²) in [5, 5.41) is -0.272. The van der Waals surface area contributed by atoms with E-state index in [4.69, 9.17) is 9.47 Å². The van der Waals surface area contributed by atoms with Crippen LogP contribution in [-0.4, -0.2) is 29.8 Å². The molecule has 1 saturated heterocycles. The lowest BCUT2D eigenvalue weighted by Gasteiger charge is -2.13. The Hall–Kier alpha value is -1.52. The number of amides is 2. The van der Waals surface area contributed by atoms with Crippen molar-refractivity contribution < 1.29 is 19.1 Å². The van der Waals surface area contributed by atoms with Crippen molar-refractivity contribution in [3.8, 4) is 11.5 Å². The monoisotopic (exact) mass is 573 g/mol. The molecule has 0 aromatic heterocycles. The van der Waals surface area contributed by atoms with Gasteiger partial charge in [0.15, 0.2) is 11.5 Å². The summed E-state index contributed by atoms with van der Waals surface area (Å²) in [5.41, 5.74) is 1.65. The van der Waals surface area contributed by atoms with E-state index < -0.39 is 0 Å². The maximum atomic E-state index is 12.7. The SMILES string of the molecule is CCOc1c(Br)cc(/C=C2/SC(=O)N(Cc3ccc(I)cc3)C2=O)cc1OC. The quantitative estimate of drug-likeness (QED) is 0.328. The molecule has 2 aromatic carbocycles. The third-order valence-electron chi connectivity index (χ3n) is 3.97. The molecule has 3 rings (SSSR count). The second-order valence-electron chi connectivity index (χ2n) is 5.86. The Morgan fingerprint density at radius 2 is 1.93 bits per heavy atom. The van der Waals surface area contributed by atoms with Crippen LogP contribution in [0.3, 0.4) is 0 Å². The van der Waals surface area contributed by atoms with Gasteiger partial charge in [0.25, 0.3) is 11.1 Å². The number of methoxy groups -OCH3 is 1. The minimum absolute atomic E-state index is 0.259. The fourth-order valence-corrected chi connectivity index (χ4v) is 4.44. The van der Waals surface area contributed by atoms with Crippen LogP contribution in [0.25, 0.3) is 6.08 Å². The molecule has 8 heteroatoms. The zero-order valence-electron chi connectivity index (χ0n) is 15.2. The Bertz CT molecular complexity index is 946. The van der Waals surface area contributed by atoms with E-state index >= 15 is 0 Å². The van der Waals surface area contributed by atoms with Gasteiger partial charge in [0.2, 0.25) is 0 Å². The average molecular weight is 574 g/mol. The largest absolute Gasteiger partial charge is 0.493 e. The number of benzene rings is 2. The number of hydrogen-bond donors (Lipinski definition) is 0. The van der Waals surface area contributed by atoms with E-state index in [1.54, 1.807) is 19.3 Å². The number of ether oxygens (including phenoxy) is 2. The van der Waals surface area contributed by atoms with Gasteiger partial charge in [-0.1, -0.05) is 12.1 Å². The molecular weight excluding hydrogens is 557 g/mol. The Kier molecular flexibility index (Phi) is 7.05. The molecule has 0 spiro atoms. The fourth-order valence-electron chi connectivity index (χ4n) is 2.67. The van der Waals surface area contributed by atoms with Gasteiger partial charge in [-0.3, -0.25) is 14.5 Å². The molecule has 2 amide bonds. The summed E-state index contributed by atoms with van der Waals surface area (Å²) in [7, 11) is 1.56. The number of nitrogens with zero attached hydrogens (tertiary/aromatic N) is 1. The molecule has 2 aromatic rings. The highest BCUT2D eigenvalue weighted by Crippen LogP contribution is 2.39. The van der Waals surface area contributed by atoms with Crippen molar-refractivity contribution in [3.63, 3.8) is 0 Å². The predicted octanol–water partition coefficient (Wildman–Crippen LogP) is 5.70. The third kappa shape index (κ3) is 4.72. The number of hydrogen-bond acceptors (Lipinski definition) is 5. The molecule has 28 heavy (non-hydrogen) atoms. The molecule has 0 unspecified atom stereocenters. The fraction of sp³-hybridized carbons (Fsp3) is 0.200. The van der Waals surface area contributed by atoms with Gasteiger partial charge in [0.05, 0.1) is 29.6 Å². The van der Waals surface area contributed by atoms with Crippen LogP contribution < -0.4 is 9.47 Å². The minimum Gasteiger partial charge on any atom is -0.493 e. The van der Waals surface area contributed by atoms with E-state index in [9.17, 15) is 9.59 Å². The highest BCUT2D eigenvalue weighted by molar-refractivity contribution is 14.1. The Balaban J connectivity index is 1.85. The lowest BCUT2D eigenvalue weighted by molar-refractivity contribution is -0.123. The summed E-state index contributed by atoms with van der Waals surface area (Å²) in [6.45, 7) is 2.66. The number of imide groups is 1. The molecule has 1 aliphatic heterocycles. The number of carbonyl (C=O) groups excluding carboxylic acids is 2. The molecule has 0 bridgehead atoms. The molecular formula is C20H17BrINO4S. The van der Waals surface area contributed by atoms with Crippen LogP contribution in [0, 0.1) is 3.57 Å². The second kappa shape index (κ2) is 9.32. The van der Waals surface area contributed by atoms with E-state index in [-0.39, 0.29) is 17.7 Å². The van der Waals surface area contributed by atoms with E-state index in [0.29, 0.717) is 23.0 Å². The molecule has 1 aliphatic rings. The van der Waals surface area contributed by atoms with Gasteiger partial charge in [0.1, 0.15) is 0 Å². The van der Waals surface area contributed by atoms with Gasteiger partial charge in [-0.15, -0.1) is 0 Å². The summed E-state index contributed by atoms with van der Waals surface area (Å²) in [6.07, 6.45) is 1.70. The first-order valence-corrected chi connectivity index (χ1v) is 11.1. The molecule has 0 radical (unpaired) electrons. The molecule has 146 valence electrons. The number of carbonyl (C=O) groups is 2. The van der Waals surface area contributed by atoms with Crippen LogP contribution in [0.5, 0.6) is 11.5 Å². The van der Waals surface area contributed by atoms with Gasteiger partial charge >= 0.3 is 0 Å². The summed E-state index contributed by atoms with van der Waals surface area (Å²) < 4.78 is 12.8. The Labute approximate surface area is 189 Å². The first-order valence-electron chi connectivity index (χ1n) is 8.43. The van der Waals surface area contributed by atoms with Crippen molar-refractivity contribution in [1.29, 1.82) is 0 Å². The van der Waals surface area contributed by atoms with Crippen LogP contribution in [0.1, 0.15) is 18.1 Å². The van der Waals surface area contributed by atoms with Crippen LogP contribution in [-0.2, 0) is 11.3 Å². The van der Waals surface area contributed by atoms with E-state index in [2.05, 4.69) is 38.5 Å². The molecule has 0 N–H and O–H groups in total. The van der Waals surface area contributed by atoms with Crippen molar-refractivity contribution in [2.24, 2.45) is 0 Å². The van der Waals surface area contributed by atoms with Gasteiger partial charge < -0.3 is 9.47 Å². The van der Waals surface area contributed by atoms with Gasteiger partial charge in [-0.25, -0.2) is 0 Å². The Morgan fingerprint density at radius 3 is 2.57 bits per heavy atom. The number of rotatable bonds is 6. The number of thioether (sulfide) groups is 1. The van der Waals surface area contributed by atoms with Crippen LogP contribution in [0.4, 0.5) is 4.79 Å². The van der Waals surface area contributed by atoms with Gasteiger partial charge in [-0.05, 0) is 98.7 Å². The van der Waals surface area contributed by atoms with Crippen molar-refractivity contribution in [3.05, 3.63) is 60.5 Å². The lowest BCUT2D eigenvalue weighted by atomic mass is 10.1. The highest BCUT2D eigenvalue weighted by atomic mass is 127. The molecule has 5 nitrogen and oxygen atoms in total. The van der Waals surface area contributed by atoms with Crippen LogP contribution in [0.2, 0.25) is 0 Å². The minimum atomic E-state index is -0.294. The van der Waals surface area contributed by atoms with Gasteiger partial charge in [0, 0.05) is 3.57 Å². The van der Waals surface area contributed by atoms with E-state index in [1.165, 1.54) is 4.90 Å². The number of halogens is 2. The molecule has 0 aliphatic carbocycles. The summed E-state index contributed by atoms with van der Waals surface area (Å²) in [6, 6.07) is 11.4. The Morgan fingerprint density at radius 1 is 1.21 bits per heavy atom. The van der Waals surface area contributed by atoms with Crippen LogP contribution >= 0.6 is 50.3 Å². The smallest absolute Gasteiger partial charge is 0.293 e. The van der Waals surface area contributed by atoms with Crippen molar-refractivity contribution in [2.75, 3.05) is 13.7 Å². The van der Waals surface area contributed by atoms with Crippen LogP contribution in [0.15, 0.2) is 45.8 Å². The second-order valence-corrected chi connectivity index (χ2v) is 8.95. The molecule has 1 fully saturated rings. The van der Waals surface area contributed by atoms with Crippen molar-refractivity contribution in [1.82, 2.24) is 4.90 Å². The zero-order valence-corrected chi connectivity index (χ0v) is 19.8. The summed E-state index contributed by atoms with van der Waals surface area (Å²) in [4.78, 5) is 26.8. The normalized spacial score (nSPS) is 15.4. The van der Waals surface area contributed by atoms with Gasteiger partial charge in [-0.2, -0.15) is 0 Å². The predicted molar refractivity (Wildman–Crippen MR) is 123 cm³/mol. The maximum absolute atomic E-state index is 12.7. The molecule has 1 heterocycles. The van der Waals surface area contributed by atoms with Crippen molar-refractivity contribution >= 4 is 67.5 Å². The summed E-state index contributed by atoms with van der Waals surface area (Å²) >= 11 is 6.63. The maximum Gasteiger partial charge on any atom is 0.293 e. The standard InChI is InChI=1S/C20H17BrINO4S/c1-3-27-18-15(21)8-13(9-16(18)26-2)10-17-19(24)23(20(25)28-17)11-12-4-6-14(22)7-5-12/h4-10H,3,11H2,1-2H3/b17-10+. The van der Waals surface area contributed by atoms with E-state index in [0.717, 1.165) is 30.9 Å². The van der Waals surface area contributed by atoms with E-state index in [1.807, 2.05) is 37.3 Å². The average Bonchev–Trinajstić information content (AvgIpc) is 2.92. The first kappa shape index (κ1) is 21.2. The lowest BCUT2D eigenvalue weighted by Crippen LogP contribution is -2.27. The topological polar surface area (TPSA) is 55.8 Å². The van der Waals surface area contributed by atoms with Crippen molar-refractivity contribution in [2.45, 2.75) is 13.5 Å². The molecule has 0 atom stereocenters. The third-order valence-corrected chi connectivity index (χ3v) is 6.18. The highest BCUT2D eigenvalue weighted by Gasteiger charge is 2.35. The summed E-state index contributed by atoms with van der Waals surface area (Å²) in [5.74, 6) is 0.868. The zero-order chi connectivity index (χ0) is 20.3. The first-order chi connectivity index (χ1) is 13.4.